The maximum absolute atomic E-state index is 11.6. The average Bonchev–Trinajstić information content (AvgIpc) is 2.83. The third-order valence-corrected chi connectivity index (χ3v) is 2.50. The van der Waals surface area contributed by atoms with Crippen LogP contribution in [0.15, 0.2) is 30.5 Å². The molecule has 0 fully saturated rings. The number of rotatable bonds is 3. The number of halogens is 1. The number of hydrogen-bond donors (Lipinski definition) is 1. The average molecular weight is 252 g/mol. The van der Waals surface area contributed by atoms with Gasteiger partial charge in [0.2, 0.25) is 0 Å². The normalized spacial score (nSPS) is 12.1. The van der Waals surface area contributed by atoms with Crippen molar-refractivity contribution < 1.29 is 9.53 Å². The van der Waals surface area contributed by atoms with Crippen LogP contribution < -0.4 is 0 Å². The van der Waals surface area contributed by atoms with Gasteiger partial charge in [0.1, 0.15) is 6.10 Å². The molecule has 17 heavy (non-hydrogen) atoms. The number of benzene rings is 1. The van der Waals surface area contributed by atoms with Crippen molar-refractivity contribution >= 4 is 17.6 Å². The first kappa shape index (κ1) is 11.6. The molecule has 0 spiro atoms. The molecule has 0 bridgehead atoms. The molecule has 1 unspecified atom stereocenters. The molecule has 0 radical (unpaired) electrons. The van der Waals surface area contributed by atoms with Gasteiger partial charge in [-0.25, -0.2) is 4.79 Å². The van der Waals surface area contributed by atoms with Crippen LogP contribution >= 0.6 is 11.6 Å². The van der Waals surface area contributed by atoms with Crippen molar-refractivity contribution in [2.45, 2.75) is 13.0 Å². The molecule has 0 aliphatic rings. The van der Waals surface area contributed by atoms with Crippen LogP contribution in [0.5, 0.6) is 0 Å². The van der Waals surface area contributed by atoms with Crippen molar-refractivity contribution in [3.05, 3.63) is 46.7 Å². The summed E-state index contributed by atoms with van der Waals surface area (Å²) in [6.07, 6.45) is 0.952. The van der Waals surface area contributed by atoms with E-state index in [0.717, 1.165) is 5.56 Å². The highest BCUT2D eigenvalue weighted by molar-refractivity contribution is 6.30. The highest BCUT2D eigenvalue weighted by Gasteiger charge is 2.15. The fourth-order valence-electron chi connectivity index (χ4n) is 1.32. The molecule has 1 N–H and O–H groups in total. The van der Waals surface area contributed by atoms with Crippen LogP contribution in [0.2, 0.25) is 5.02 Å². The van der Waals surface area contributed by atoms with E-state index in [-0.39, 0.29) is 11.8 Å². The van der Waals surface area contributed by atoms with Gasteiger partial charge in [0.05, 0.1) is 6.20 Å². The first-order chi connectivity index (χ1) is 8.16. The van der Waals surface area contributed by atoms with Gasteiger partial charge in [-0.3, -0.25) is 0 Å². The lowest BCUT2D eigenvalue weighted by atomic mass is 10.1. The molecule has 6 heteroatoms. The summed E-state index contributed by atoms with van der Waals surface area (Å²) < 4.78 is 5.22. The van der Waals surface area contributed by atoms with Crippen LogP contribution in [0.1, 0.15) is 29.1 Å². The lowest BCUT2D eigenvalue weighted by Gasteiger charge is -2.12. The molecule has 0 aliphatic heterocycles. The Balaban J connectivity index is 2.04. The van der Waals surface area contributed by atoms with Crippen LogP contribution in [0.4, 0.5) is 0 Å². The molecule has 88 valence electrons. The summed E-state index contributed by atoms with van der Waals surface area (Å²) in [6.45, 7) is 1.78. The maximum Gasteiger partial charge on any atom is 0.361 e. The highest BCUT2D eigenvalue weighted by atomic mass is 35.5. The molecule has 2 aromatic rings. The Morgan fingerprint density at radius 1 is 1.41 bits per heavy atom. The Labute approximate surface area is 103 Å². The predicted molar refractivity (Wildman–Crippen MR) is 61.7 cm³/mol. The lowest BCUT2D eigenvalue weighted by molar-refractivity contribution is 0.0331. The van der Waals surface area contributed by atoms with Crippen LogP contribution in [-0.4, -0.2) is 21.4 Å². The highest BCUT2D eigenvalue weighted by Crippen LogP contribution is 2.20. The lowest BCUT2D eigenvalue weighted by Crippen LogP contribution is -2.09. The van der Waals surface area contributed by atoms with E-state index >= 15 is 0 Å². The van der Waals surface area contributed by atoms with E-state index in [2.05, 4.69) is 15.4 Å². The van der Waals surface area contributed by atoms with Gasteiger partial charge in [-0.2, -0.15) is 10.3 Å². The van der Waals surface area contributed by atoms with Gasteiger partial charge < -0.3 is 4.74 Å². The Kier molecular flexibility index (Phi) is 3.39. The largest absolute Gasteiger partial charge is 0.453 e. The van der Waals surface area contributed by atoms with Crippen LogP contribution in [0, 0.1) is 0 Å². The summed E-state index contributed by atoms with van der Waals surface area (Å²) in [6, 6.07) is 7.11. The third-order valence-electron chi connectivity index (χ3n) is 2.25. The number of aromatic amines is 1. The van der Waals surface area contributed by atoms with Gasteiger partial charge in [0.15, 0.2) is 5.69 Å². The first-order valence-corrected chi connectivity index (χ1v) is 5.37. The molecule has 1 aromatic carbocycles. The topological polar surface area (TPSA) is 67.9 Å². The number of nitrogens with zero attached hydrogens (tertiary/aromatic N) is 2. The van der Waals surface area contributed by atoms with Crippen LogP contribution in [-0.2, 0) is 4.74 Å². The molecular weight excluding hydrogens is 242 g/mol. The zero-order chi connectivity index (χ0) is 12.3. The number of carbonyl (C=O) groups excluding carboxylic acids is 1. The molecule has 1 atom stereocenters. The Hall–Kier alpha value is -1.88. The van der Waals surface area contributed by atoms with E-state index < -0.39 is 5.97 Å². The quantitative estimate of drug-likeness (QED) is 0.851. The molecule has 0 saturated carbocycles. The van der Waals surface area contributed by atoms with E-state index in [1.807, 2.05) is 12.1 Å². The zero-order valence-corrected chi connectivity index (χ0v) is 9.81. The minimum Gasteiger partial charge on any atom is -0.453 e. The van der Waals surface area contributed by atoms with E-state index in [1.165, 1.54) is 6.20 Å². The summed E-state index contributed by atoms with van der Waals surface area (Å²) >= 11 is 5.77. The molecule has 1 aromatic heterocycles. The van der Waals surface area contributed by atoms with Gasteiger partial charge in [-0.05, 0) is 24.6 Å². The predicted octanol–water partition coefficient (Wildman–Crippen LogP) is 2.38. The zero-order valence-electron chi connectivity index (χ0n) is 9.05. The number of H-pyrrole nitrogens is 1. The van der Waals surface area contributed by atoms with Gasteiger partial charge >= 0.3 is 5.97 Å². The second-order valence-corrected chi connectivity index (χ2v) is 3.89. The third kappa shape index (κ3) is 2.82. The second kappa shape index (κ2) is 4.97. The number of carbonyl (C=O) groups is 1. The van der Waals surface area contributed by atoms with Gasteiger partial charge in [0, 0.05) is 5.02 Å². The number of esters is 1. The minimum absolute atomic E-state index is 0.158. The SMILES string of the molecule is CC(OC(=O)c1cn[nH]n1)c1ccc(Cl)cc1. The summed E-state index contributed by atoms with van der Waals surface area (Å²) in [5.41, 5.74) is 1.03. The van der Waals surface area contributed by atoms with Gasteiger partial charge in [-0.15, -0.1) is 5.10 Å². The number of aromatic nitrogens is 3. The monoisotopic (exact) mass is 251 g/mol. The molecular formula is C11H10ClN3O2. The van der Waals surface area contributed by atoms with E-state index in [4.69, 9.17) is 16.3 Å². The van der Waals surface area contributed by atoms with E-state index in [0.29, 0.717) is 5.02 Å². The number of nitrogens with one attached hydrogen (secondary N) is 1. The number of ether oxygens (including phenoxy) is 1. The van der Waals surface area contributed by atoms with Crippen molar-refractivity contribution in [3.63, 3.8) is 0 Å². The summed E-state index contributed by atoms with van der Waals surface area (Å²) in [5.74, 6) is -0.513. The molecule has 0 aliphatic carbocycles. The van der Waals surface area contributed by atoms with Gasteiger partial charge in [0.25, 0.3) is 0 Å². The molecule has 0 saturated heterocycles. The summed E-state index contributed by atoms with van der Waals surface area (Å²) in [4.78, 5) is 11.6. The van der Waals surface area contributed by atoms with Crippen LogP contribution in [0.25, 0.3) is 0 Å². The number of hydrogen-bond acceptors (Lipinski definition) is 4. The molecule has 1 heterocycles. The minimum atomic E-state index is -0.513. The fraction of sp³-hybridized carbons (Fsp3) is 0.182. The van der Waals surface area contributed by atoms with Crippen LogP contribution in [0.3, 0.4) is 0 Å². The second-order valence-electron chi connectivity index (χ2n) is 3.45. The van der Waals surface area contributed by atoms with E-state index in [1.54, 1.807) is 19.1 Å². The first-order valence-electron chi connectivity index (χ1n) is 4.99. The maximum atomic E-state index is 11.6. The summed E-state index contributed by atoms with van der Waals surface area (Å²) in [5, 5.41) is 10.2. The Morgan fingerprint density at radius 2 is 2.12 bits per heavy atom. The Bertz CT molecular complexity index is 496. The smallest absolute Gasteiger partial charge is 0.361 e. The van der Waals surface area contributed by atoms with Crippen molar-refractivity contribution in [1.29, 1.82) is 0 Å². The summed E-state index contributed by atoms with van der Waals surface area (Å²) in [7, 11) is 0. The van der Waals surface area contributed by atoms with E-state index in [9.17, 15) is 4.79 Å². The molecule has 2 rings (SSSR count). The fourth-order valence-corrected chi connectivity index (χ4v) is 1.45. The van der Waals surface area contributed by atoms with Crippen molar-refractivity contribution in [2.75, 3.05) is 0 Å². The molecule has 5 nitrogen and oxygen atoms in total. The Morgan fingerprint density at radius 3 is 2.71 bits per heavy atom. The van der Waals surface area contributed by atoms with Crippen molar-refractivity contribution in [3.8, 4) is 0 Å². The van der Waals surface area contributed by atoms with Crippen molar-refractivity contribution in [1.82, 2.24) is 15.4 Å². The van der Waals surface area contributed by atoms with Gasteiger partial charge in [-0.1, -0.05) is 23.7 Å². The van der Waals surface area contributed by atoms with Crippen molar-refractivity contribution in [2.24, 2.45) is 0 Å². The standard InChI is InChI=1S/C11H10ClN3O2/c1-7(8-2-4-9(12)5-3-8)17-11(16)10-6-13-15-14-10/h2-7H,1H3,(H,13,14,15). The molecule has 0 amide bonds.